The fraction of sp³-hybridized carbons (Fsp3) is 0.429. The van der Waals surface area contributed by atoms with Gasteiger partial charge in [0.05, 0.1) is 12.4 Å². The molecule has 0 aliphatic heterocycles. The lowest BCUT2D eigenvalue weighted by molar-refractivity contribution is 0.180. The predicted octanol–water partition coefficient (Wildman–Crippen LogP) is 4.36. The molecule has 1 aliphatic rings. The van der Waals surface area contributed by atoms with Crippen LogP contribution in [0.5, 0.6) is 17.2 Å². The normalized spacial score (nSPS) is 20.2. The fourth-order valence-corrected chi connectivity index (χ4v) is 4.25. The summed E-state index contributed by atoms with van der Waals surface area (Å²) in [6, 6.07) is 17.1. The minimum absolute atomic E-state index is 0.0376. The minimum atomic E-state index is -3.19. The molecule has 3 rings (SSSR count). The highest BCUT2D eigenvalue weighted by Crippen LogP contribution is 2.27. The van der Waals surface area contributed by atoms with E-state index in [4.69, 9.17) is 9.47 Å². The molecule has 2 aromatic rings. The predicted molar refractivity (Wildman–Crippen MR) is 107 cm³/mol. The van der Waals surface area contributed by atoms with Crippen LogP contribution in [0.2, 0.25) is 0 Å². The SMILES string of the molecule is CCS(=O)(=O)N[C@H]1CCCC[C@@H]1COc1ccc(Oc2ccccc2)cc1. The Hall–Kier alpha value is -2.05. The van der Waals surface area contributed by atoms with E-state index in [-0.39, 0.29) is 17.7 Å². The molecule has 146 valence electrons. The van der Waals surface area contributed by atoms with Gasteiger partial charge in [-0.1, -0.05) is 31.0 Å². The lowest BCUT2D eigenvalue weighted by Gasteiger charge is -2.31. The van der Waals surface area contributed by atoms with E-state index < -0.39 is 10.0 Å². The van der Waals surface area contributed by atoms with Crippen LogP contribution in [0.4, 0.5) is 0 Å². The van der Waals surface area contributed by atoms with E-state index in [0.717, 1.165) is 42.9 Å². The Labute approximate surface area is 161 Å². The highest BCUT2D eigenvalue weighted by molar-refractivity contribution is 7.89. The summed E-state index contributed by atoms with van der Waals surface area (Å²) >= 11 is 0. The van der Waals surface area contributed by atoms with Gasteiger partial charge in [-0.15, -0.1) is 0 Å². The molecule has 1 N–H and O–H groups in total. The van der Waals surface area contributed by atoms with Gasteiger partial charge in [-0.2, -0.15) is 0 Å². The average molecular weight is 390 g/mol. The second kappa shape index (κ2) is 9.24. The molecule has 0 unspecified atom stereocenters. The van der Waals surface area contributed by atoms with Crippen molar-refractivity contribution in [2.75, 3.05) is 12.4 Å². The second-order valence-electron chi connectivity index (χ2n) is 6.87. The summed E-state index contributed by atoms with van der Waals surface area (Å²) < 4.78 is 38.4. The van der Waals surface area contributed by atoms with Crippen molar-refractivity contribution in [2.24, 2.45) is 5.92 Å². The van der Waals surface area contributed by atoms with Crippen molar-refractivity contribution in [3.63, 3.8) is 0 Å². The Bertz CT molecular complexity index is 806. The molecule has 27 heavy (non-hydrogen) atoms. The van der Waals surface area contributed by atoms with Crippen LogP contribution in [0.1, 0.15) is 32.6 Å². The van der Waals surface area contributed by atoms with Gasteiger partial charge in [0.1, 0.15) is 17.2 Å². The average Bonchev–Trinajstić information content (AvgIpc) is 2.69. The number of sulfonamides is 1. The smallest absolute Gasteiger partial charge is 0.211 e. The van der Waals surface area contributed by atoms with Gasteiger partial charge in [0, 0.05) is 12.0 Å². The molecular formula is C21H27NO4S. The summed E-state index contributed by atoms with van der Waals surface area (Å²) in [6.07, 6.45) is 4.02. The molecule has 2 aromatic carbocycles. The van der Waals surface area contributed by atoms with E-state index in [1.54, 1.807) is 6.92 Å². The monoisotopic (exact) mass is 389 g/mol. The highest BCUT2D eigenvalue weighted by atomic mass is 32.2. The Morgan fingerprint density at radius 1 is 0.926 bits per heavy atom. The first-order valence-corrected chi connectivity index (χ1v) is 11.2. The van der Waals surface area contributed by atoms with Gasteiger partial charge in [-0.3, -0.25) is 0 Å². The van der Waals surface area contributed by atoms with E-state index in [0.29, 0.717) is 6.61 Å². The molecule has 1 fully saturated rings. The zero-order valence-corrected chi connectivity index (χ0v) is 16.5. The molecule has 2 atom stereocenters. The Morgan fingerprint density at radius 3 is 2.26 bits per heavy atom. The summed E-state index contributed by atoms with van der Waals surface area (Å²) in [5.74, 6) is 2.61. The third kappa shape index (κ3) is 5.97. The van der Waals surface area contributed by atoms with E-state index in [9.17, 15) is 8.42 Å². The molecular weight excluding hydrogens is 362 g/mol. The third-order valence-electron chi connectivity index (χ3n) is 4.89. The molecule has 0 saturated heterocycles. The van der Waals surface area contributed by atoms with Crippen LogP contribution < -0.4 is 14.2 Å². The lowest BCUT2D eigenvalue weighted by Crippen LogP contribution is -2.44. The maximum Gasteiger partial charge on any atom is 0.211 e. The van der Waals surface area contributed by atoms with Gasteiger partial charge in [-0.25, -0.2) is 13.1 Å². The first kappa shape index (κ1) is 19.7. The standard InChI is InChI=1S/C21H27NO4S/c1-2-27(23,24)22-21-11-7-6-8-17(21)16-25-18-12-14-20(15-13-18)26-19-9-4-3-5-10-19/h3-5,9-10,12-15,17,21-22H,2,6-8,11,16H2,1H3/t17-,21+/m1/s1. The van der Waals surface area contributed by atoms with Gasteiger partial charge >= 0.3 is 0 Å². The van der Waals surface area contributed by atoms with Crippen LogP contribution in [0.3, 0.4) is 0 Å². The molecule has 0 amide bonds. The Morgan fingerprint density at radius 2 is 1.56 bits per heavy atom. The van der Waals surface area contributed by atoms with Gasteiger partial charge in [0.15, 0.2) is 0 Å². The van der Waals surface area contributed by atoms with Crippen molar-refractivity contribution >= 4 is 10.0 Å². The Balaban J connectivity index is 1.55. The van der Waals surface area contributed by atoms with E-state index in [1.165, 1.54) is 0 Å². The number of hydrogen-bond donors (Lipinski definition) is 1. The number of para-hydroxylation sites is 1. The summed E-state index contributed by atoms with van der Waals surface area (Å²) in [7, 11) is -3.19. The first-order chi connectivity index (χ1) is 13.1. The van der Waals surface area contributed by atoms with Gasteiger partial charge in [0.2, 0.25) is 10.0 Å². The topological polar surface area (TPSA) is 64.6 Å². The van der Waals surface area contributed by atoms with Crippen LogP contribution in [0, 0.1) is 5.92 Å². The van der Waals surface area contributed by atoms with Crippen molar-refractivity contribution in [3.05, 3.63) is 54.6 Å². The van der Waals surface area contributed by atoms with Crippen LogP contribution in [0.15, 0.2) is 54.6 Å². The second-order valence-corrected chi connectivity index (χ2v) is 8.91. The number of rotatable bonds is 8. The van der Waals surface area contributed by atoms with Crippen LogP contribution in [0.25, 0.3) is 0 Å². The van der Waals surface area contributed by atoms with E-state index >= 15 is 0 Å². The van der Waals surface area contributed by atoms with Crippen molar-refractivity contribution < 1.29 is 17.9 Å². The zero-order valence-electron chi connectivity index (χ0n) is 15.6. The van der Waals surface area contributed by atoms with Gasteiger partial charge < -0.3 is 9.47 Å². The Kier molecular flexibility index (Phi) is 6.74. The molecule has 0 radical (unpaired) electrons. The number of ether oxygens (including phenoxy) is 2. The summed E-state index contributed by atoms with van der Waals surface area (Å²) in [5.41, 5.74) is 0. The molecule has 6 heteroatoms. The molecule has 0 heterocycles. The number of hydrogen-bond acceptors (Lipinski definition) is 4. The maximum absolute atomic E-state index is 11.9. The van der Waals surface area contributed by atoms with Crippen molar-refractivity contribution in [2.45, 2.75) is 38.6 Å². The van der Waals surface area contributed by atoms with E-state index in [1.807, 2.05) is 54.6 Å². The molecule has 5 nitrogen and oxygen atoms in total. The van der Waals surface area contributed by atoms with Crippen molar-refractivity contribution in [3.8, 4) is 17.2 Å². The van der Waals surface area contributed by atoms with E-state index in [2.05, 4.69) is 4.72 Å². The molecule has 0 bridgehead atoms. The van der Waals surface area contributed by atoms with Gasteiger partial charge in [0.25, 0.3) is 0 Å². The maximum atomic E-state index is 11.9. The molecule has 0 spiro atoms. The summed E-state index contributed by atoms with van der Waals surface area (Å²) in [5, 5.41) is 0. The number of nitrogens with one attached hydrogen (secondary N) is 1. The quantitative estimate of drug-likeness (QED) is 0.729. The highest BCUT2D eigenvalue weighted by Gasteiger charge is 2.28. The molecule has 1 saturated carbocycles. The molecule has 1 aliphatic carbocycles. The summed E-state index contributed by atoms with van der Waals surface area (Å²) in [6.45, 7) is 2.17. The molecule has 0 aromatic heterocycles. The van der Waals surface area contributed by atoms with Gasteiger partial charge in [-0.05, 0) is 56.2 Å². The third-order valence-corrected chi connectivity index (χ3v) is 6.31. The minimum Gasteiger partial charge on any atom is -0.493 e. The first-order valence-electron chi connectivity index (χ1n) is 9.51. The van der Waals surface area contributed by atoms with Crippen LogP contribution in [-0.2, 0) is 10.0 Å². The number of benzene rings is 2. The summed E-state index contributed by atoms with van der Waals surface area (Å²) in [4.78, 5) is 0. The largest absolute Gasteiger partial charge is 0.493 e. The van der Waals surface area contributed by atoms with Crippen LogP contribution >= 0.6 is 0 Å². The van der Waals surface area contributed by atoms with Crippen molar-refractivity contribution in [1.82, 2.24) is 4.72 Å². The fourth-order valence-electron chi connectivity index (χ4n) is 3.31. The van der Waals surface area contributed by atoms with Crippen LogP contribution in [-0.4, -0.2) is 26.8 Å². The zero-order chi connectivity index (χ0) is 19.1. The lowest BCUT2D eigenvalue weighted by atomic mass is 9.86. The van der Waals surface area contributed by atoms with Crippen molar-refractivity contribution in [1.29, 1.82) is 0 Å².